The fourth-order valence-electron chi connectivity index (χ4n) is 2.55. The van der Waals surface area contributed by atoms with Crippen LogP contribution in [0, 0.1) is 5.92 Å². The Balaban J connectivity index is 1.78. The van der Waals surface area contributed by atoms with E-state index in [9.17, 15) is 18.0 Å². The van der Waals surface area contributed by atoms with E-state index in [1.807, 2.05) is 0 Å². The summed E-state index contributed by atoms with van der Waals surface area (Å²) in [6.07, 6.45) is 0.396. The lowest BCUT2D eigenvalue weighted by Gasteiger charge is -2.16. The fraction of sp³-hybridized carbons (Fsp3) is 0.467. The summed E-state index contributed by atoms with van der Waals surface area (Å²) >= 11 is 0. The number of methoxy groups -OCH3 is 1. The number of benzene rings is 1. The fourth-order valence-corrected chi connectivity index (χ4v) is 3.06. The van der Waals surface area contributed by atoms with Crippen molar-refractivity contribution < 1.29 is 22.7 Å². The third-order valence-corrected chi connectivity index (χ3v) is 4.78. The Morgan fingerprint density at radius 2 is 2.04 bits per heavy atom. The van der Waals surface area contributed by atoms with Gasteiger partial charge < -0.3 is 20.3 Å². The lowest BCUT2D eigenvalue weighted by atomic mass is 10.1. The molecule has 10 heteroatoms. The van der Waals surface area contributed by atoms with E-state index in [1.165, 1.54) is 24.3 Å². The van der Waals surface area contributed by atoms with Crippen LogP contribution in [0.1, 0.15) is 6.42 Å². The number of carbonyl (C=O) groups is 2. The van der Waals surface area contributed by atoms with Gasteiger partial charge in [-0.2, -0.15) is 0 Å². The van der Waals surface area contributed by atoms with Gasteiger partial charge in [-0.1, -0.05) is 0 Å². The first-order chi connectivity index (χ1) is 11.8. The molecule has 1 saturated heterocycles. The number of ether oxygens (including phenoxy) is 1. The minimum Gasteiger partial charge on any atom is -0.383 e. The van der Waals surface area contributed by atoms with Gasteiger partial charge in [0.1, 0.15) is 0 Å². The lowest BCUT2D eigenvalue weighted by Crippen LogP contribution is -2.34. The Bertz CT molecular complexity index is 720. The molecule has 1 aromatic carbocycles. The standard InChI is InChI=1S/C15H22N4O5S/c1-24-7-6-19-10-11(8-14(19)20)9-17-15(21)18-12-2-4-13(5-3-12)25(16,22)23/h2-5,11H,6-10H2,1H3,(H2,16,22,23)(H2,17,18,21)/t11-/m0/s1. The van der Waals surface area contributed by atoms with E-state index >= 15 is 0 Å². The molecule has 0 saturated carbocycles. The smallest absolute Gasteiger partial charge is 0.319 e. The van der Waals surface area contributed by atoms with Crippen molar-refractivity contribution in [2.75, 3.05) is 38.7 Å². The maximum atomic E-state index is 11.9. The van der Waals surface area contributed by atoms with Crippen LogP contribution in [0.3, 0.4) is 0 Å². The summed E-state index contributed by atoms with van der Waals surface area (Å²) < 4.78 is 27.3. The molecule has 1 aliphatic heterocycles. The predicted octanol–water partition coefficient (Wildman–Crippen LogP) is -0.0496. The third-order valence-electron chi connectivity index (χ3n) is 3.85. The number of anilines is 1. The van der Waals surface area contributed by atoms with Gasteiger partial charge in [-0.3, -0.25) is 4.79 Å². The molecule has 1 heterocycles. The van der Waals surface area contributed by atoms with Crippen molar-refractivity contribution in [3.05, 3.63) is 24.3 Å². The second kappa shape index (κ2) is 8.28. The van der Waals surface area contributed by atoms with Crippen molar-refractivity contribution in [3.63, 3.8) is 0 Å². The molecule has 0 aromatic heterocycles. The number of likely N-dealkylation sites (tertiary alicyclic amines) is 1. The highest BCUT2D eigenvalue weighted by molar-refractivity contribution is 7.89. The molecule has 0 unspecified atom stereocenters. The normalized spacial score (nSPS) is 17.6. The Morgan fingerprint density at radius 3 is 2.64 bits per heavy atom. The summed E-state index contributed by atoms with van der Waals surface area (Å²) in [6.45, 7) is 2.00. The van der Waals surface area contributed by atoms with Crippen LogP contribution in [0.5, 0.6) is 0 Å². The van der Waals surface area contributed by atoms with E-state index in [2.05, 4.69) is 10.6 Å². The Morgan fingerprint density at radius 1 is 1.36 bits per heavy atom. The zero-order valence-corrected chi connectivity index (χ0v) is 14.7. The Hall–Kier alpha value is -2.17. The predicted molar refractivity (Wildman–Crippen MR) is 91.4 cm³/mol. The number of urea groups is 1. The van der Waals surface area contributed by atoms with Gasteiger partial charge in [0.2, 0.25) is 15.9 Å². The zero-order chi connectivity index (χ0) is 18.4. The molecule has 1 aliphatic rings. The first-order valence-corrected chi connectivity index (χ1v) is 9.28. The molecular formula is C15H22N4O5S. The maximum Gasteiger partial charge on any atom is 0.319 e. The molecule has 1 atom stereocenters. The number of amides is 3. The summed E-state index contributed by atoms with van der Waals surface area (Å²) in [4.78, 5) is 25.4. The first kappa shape index (κ1) is 19.2. The van der Waals surface area contributed by atoms with Gasteiger partial charge in [-0.05, 0) is 24.3 Å². The summed E-state index contributed by atoms with van der Waals surface area (Å²) in [7, 11) is -2.18. The Labute approximate surface area is 146 Å². The van der Waals surface area contributed by atoms with Gasteiger partial charge in [-0.25, -0.2) is 18.4 Å². The SMILES string of the molecule is COCCN1C[C@H](CNC(=O)Nc2ccc(S(N)(=O)=O)cc2)CC1=O. The van der Waals surface area contributed by atoms with Crippen molar-refractivity contribution in [1.82, 2.24) is 10.2 Å². The summed E-state index contributed by atoms with van der Waals surface area (Å²) in [6, 6.07) is 5.10. The lowest BCUT2D eigenvalue weighted by molar-refractivity contribution is -0.128. The van der Waals surface area contributed by atoms with E-state index in [0.29, 0.717) is 38.3 Å². The molecule has 9 nitrogen and oxygen atoms in total. The molecule has 138 valence electrons. The molecule has 0 aliphatic carbocycles. The number of carbonyl (C=O) groups excluding carboxylic acids is 2. The van der Waals surface area contributed by atoms with Gasteiger partial charge in [0.15, 0.2) is 0 Å². The second-order valence-corrected chi connectivity index (χ2v) is 7.37. The summed E-state index contributed by atoms with van der Waals surface area (Å²) in [5.74, 6) is 0.114. The number of sulfonamides is 1. The van der Waals surface area contributed by atoms with Crippen molar-refractivity contribution in [1.29, 1.82) is 0 Å². The number of rotatable bonds is 7. The van der Waals surface area contributed by atoms with Crippen LogP contribution in [0.15, 0.2) is 29.2 Å². The van der Waals surface area contributed by atoms with Crippen molar-refractivity contribution in [2.24, 2.45) is 11.1 Å². The van der Waals surface area contributed by atoms with Crippen molar-refractivity contribution >= 4 is 27.6 Å². The zero-order valence-electron chi connectivity index (χ0n) is 13.9. The number of hydrogen-bond acceptors (Lipinski definition) is 5. The van der Waals surface area contributed by atoms with Crippen LogP contribution in [0.2, 0.25) is 0 Å². The molecule has 3 amide bonds. The monoisotopic (exact) mass is 370 g/mol. The first-order valence-electron chi connectivity index (χ1n) is 7.74. The number of nitrogens with zero attached hydrogens (tertiary/aromatic N) is 1. The summed E-state index contributed by atoms with van der Waals surface area (Å²) in [5.41, 5.74) is 0.439. The molecule has 0 bridgehead atoms. The van der Waals surface area contributed by atoms with E-state index in [-0.39, 0.29) is 16.7 Å². The molecule has 0 radical (unpaired) electrons. The third kappa shape index (κ3) is 5.69. The minimum absolute atomic E-state index is 0.0286. The maximum absolute atomic E-state index is 11.9. The largest absolute Gasteiger partial charge is 0.383 e. The van der Waals surface area contributed by atoms with Crippen LogP contribution in [-0.2, 0) is 19.6 Å². The topological polar surface area (TPSA) is 131 Å². The van der Waals surface area contributed by atoms with Gasteiger partial charge in [0, 0.05) is 44.8 Å². The van der Waals surface area contributed by atoms with Crippen molar-refractivity contribution in [2.45, 2.75) is 11.3 Å². The van der Waals surface area contributed by atoms with E-state index in [1.54, 1.807) is 12.0 Å². The van der Waals surface area contributed by atoms with Crippen LogP contribution < -0.4 is 15.8 Å². The van der Waals surface area contributed by atoms with Crippen LogP contribution in [-0.4, -0.2) is 58.6 Å². The highest BCUT2D eigenvalue weighted by Gasteiger charge is 2.29. The van der Waals surface area contributed by atoms with Gasteiger partial charge >= 0.3 is 6.03 Å². The number of primary sulfonamides is 1. The van der Waals surface area contributed by atoms with E-state index in [0.717, 1.165) is 0 Å². The molecule has 1 fully saturated rings. The molecule has 0 spiro atoms. The highest BCUT2D eigenvalue weighted by Crippen LogP contribution is 2.17. The molecule has 2 rings (SSSR count). The van der Waals surface area contributed by atoms with Crippen LogP contribution >= 0.6 is 0 Å². The molecular weight excluding hydrogens is 348 g/mol. The Kier molecular flexibility index (Phi) is 6.34. The van der Waals surface area contributed by atoms with E-state index < -0.39 is 16.1 Å². The average Bonchev–Trinajstić information content (AvgIpc) is 2.90. The second-order valence-electron chi connectivity index (χ2n) is 5.81. The molecule has 4 N–H and O–H groups in total. The minimum atomic E-state index is -3.76. The molecule has 1 aromatic rings. The van der Waals surface area contributed by atoms with Crippen LogP contribution in [0.25, 0.3) is 0 Å². The summed E-state index contributed by atoms with van der Waals surface area (Å²) in [5, 5.41) is 10.3. The number of hydrogen-bond donors (Lipinski definition) is 3. The number of nitrogens with two attached hydrogens (primary N) is 1. The highest BCUT2D eigenvalue weighted by atomic mass is 32.2. The quantitative estimate of drug-likeness (QED) is 0.619. The van der Waals surface area contributed by atoms with Gasteiger partial charge in [0.05, 0.1) is 11.5 Å². The van der Waals surface area contributed by atoms with Crippen LogP contribution in [0.4, 0.5) is 10.5 Å². The van der Waals surface area contributed by atoms with Gasteiger partial charge in [-0.15, -0.1) is 0 Å². The van der Waals surface area contributed by atoms with Crippen molar-refractivity contribution in [3.8, 4) is 0 Å². The number of nitrogens with one attached hydrogen (secondary N) is 2. The van der Waals surface area contributed by atoms with E-state index in [4.69, 9.17) is 9.88 Å². The molecule has 25 heavy (non-hydrogen) atoms. The average molecular weight is 370 g/mol. The van der Waals surface area contributed by atoms with Gasteiger partial charge in [0.25, 0.3) is 0 Å².